The molecule has 106 valence electrons. The topological polar surface area (TPSA) is 64.4 Å². The number of hydrogen-bond acceptors (Lipinski definition) is 4. The van der Waals surface area contributed by atoms with Crippen LogP contribution in [0.3, 0.4) is 0 Å². The molecular weight excluding hydrogens is 251 g/mol. The number of nitrogens with one attached hydrogen (secondary N) is 1. The van der Waals surface area contributed by atoms with E-state index in [0.717, 1.165) is 38.5 Å². The van der Waals surface area contributed by atoms with Gasteiger partial charge < -0.3 is 10.1 Å². The highest BCUT2D eigenvalue weighted by Gasteiger charge is 2.13. The van der Waals surface area contributed by atoms with Crippen molar-refractivity contribution in [2.24, 2.45) is 0 Å². The fourth-order valence-corrected chi connectivity index (χ4v) is 1.77. The maximum Gasteiger partial charge on any atom is 0.274 e. The Bertz CT molecular complexity index is 413. The molecule has 0 aliphatic rings. The van der Waals surface area contributed by atoms with Gasteiger partial charge in [0, 0.05) is 31.9 Å². The first-order valence-electron chi connectivity index (χ1n) is 6.27. The van der Waals surface area contributed by atoms with Crippen LogP contribution in [-0.2, 0) is 11.3 Å². The van der Waals surface area contributed by atoms with Gasteiger partial charge in [0.25, 0.3) is 5.69 Å². The number of nitro benzene ring substituents is 1. The monoisotopic (exact) mass is 270 g/mol. The van der Waals surface area contributed by atoms with Crippen molar-refractivity contribution < 1.29 is 14.1 Å². The molecule has 0 saturated carbocycles. The lowest BCUT2D eigenvalue weighted by Crippen LogP contribution is -2.16. The van der Waals surface area contributed by atoms with Crippen molar-refractivity contribution >= 4 is 5.69 Å². The second-order valence-corrected chi connectivity index (χ2v) is 4.26. The van der Waals surface area contributed by atoms with E-state index in [-0.39, 0.29) is 5.69 Å². The van der Waals surface area contributed by atoms with Gasteiger partial charge >= 0.3 is 0 Å². The minimum Gasteiger partial charge on any atom is -0.385 e. The van der Waals surface area contributed by atoms with Crippen LogP contribution in [-0.4, -0.2) is 25.2 Å². The predicted octanol–water partition coefficient (Wildman–Crippen LogP) is 2.64. The third kappa shape index (κ3) is 5.76. The van der Waals surface area contributed by atoms with E-state index in [4.69, 9.17) is 4.74 Å². The molecule has 5 nitrogen and oxygen atoms in total. The molecular formula is C13H19FN2O3. The number of benzene rings is 1. The Labute approximate surface area is 111 Å². The van der Waals surface area contributed by atoms with Gasteiger partial charge in [0.1, 0.15) is 5.82 Å². The Morgan fingerprint density at radius 3 is 2.84 bits per heavy atom. The van der Waals surface area contributed by atoms with E-state index in [1.54, 1.807) is 7.11 Å². The van der Waals surface area contributed by atoms with Crippen molar-refractivity contribution in [1.82, 2.24) is 5.32 Å². The maximum atomic E-state index is 13.1. The SMILES string of the molecule is COCCCCCNCc1cc(F)ccc1[N+](=O)[O-]. The van der Waals surface area contributed by atoms with E-state index in [2.05, 4.69) is 5.32 Å². The summed E-state index contributed by atoms with van der Waals surface area (Å²) in [7, 11) is 1.67. The highest BCUT2D eigenvalue weighted by Crippen LogP contribution is 2.19. The summed E-state index contributed by atoms with van der Waals surface area (Å²) in [5.41, 5.74) is 0.329. The summed E-state index contributed by atoms with van der Waals surface area (Å²) in [4.78, 5) is 10.3. The normalized spacial score (nSPS) is 10.6. The van der Waals surface area contributed by atoms with Crippen molar-refractivity contribution in [3.05, 3.63) is 39.7 Å². The summed E-state index contributed by atoms with van der Waals surface area (Å²) >= 11 is 0. The first-order chi connectivity index (χ1) is 9.15. The average molecular weight is 270 g/mol. The summed E-state index contributed by atoms with van der Waals surface area (Å²) in [5.74, 6) is -0.456. The smallest absolute Gasteiger partial charge is 0.274 e. The molecule has 1 N–H and O–H groups in total. The number of methoxy groups -OCH3 is 1. The van der Waals surface area contributed by atoms with Crippen molar-refractivity contribution in [1.29, 1.82) is 0 Å². The molecule has 0 atom stereocenters. The van der Waals surface area contributed by atoms with Crippen molar-refractivity contribution in [2.45, 2.75) is 25.8 Å². The number of ether oxygens (including phenoxy) is 1. The molecule has 1 aromatic rings. The van der Waals surface area contributed by atoms with Crippen LogP contribution in [0.15, 0.2) is 18.2 Å². The number of hydrogen-bond donors (Lipinski definition) is 1. The van der Waals surface area contributed by atoms with Gasteiger partial charge in [-0.3, -0.25) is 10.1 Å². The van der Waals surface area contributed by atoms with E-state index in [9.17, 15) is 14.5 Å². The van der Waals surface area contributed by atoms with E-state index in [1.807, 2.05) is 0 Å². The van der Waals surface area contributed by atoms with Crippen LogP contribution >= 0.6 is 0 Å². The molecule has 0 amide bonds. The molecule has 0 spiro atoms. The van der Waals surface area contributed by atoms with Crippen LogP contribution in [0, 0.1) is 15.9 Å². The molecule has 0 fully saturated rings. The van der Waals surface area contributed by atoms with Gasteiger partial charge in [0.2, 0.25) is 0 Å². The maximum absolute atomic E-state index is 13.1. The fourth-order valence-electron chi connectivity index (χ4n) is 1.77. The third-order valence-electron chi connectivity index (χ3n) is 2.76. The molecule has 0 radical (unpaired) electrons. The molecule has 0 saturated heterocycles. The van der Waals surface area contributed by atoms with Crippen molar-refractivity contribution in [3.8, 4) is 0 Å². The highest BCUT2D eigenvalue weighted by molar-refractivity contribution is 5.40. The molecule has 1 rings (SSSR count). The molecule has 0 heterocycles. The number of halogens is 1. The zero-order chi connectivity index (χ0) is 14.1. The summed E-state index contributed by atoms with van der Waals surface area (Å²) in [6, 6.07) is 3.51. The summed E-state index contributed by atoms with van der Waals surface area (Å²) in [5, 5.41) is 13.9. The number of nitrogens with zero attached hydrogens (tertiary/aromatic N) is 1. The van der Waals surface area contributed by atoms with E-state index >= 15 is 0 Å². The number of unbranched alkanes of at least 4 members (excludes halogenated alkanes) is 2. The van der Waals surface area contributed by atoms with Crippen LogP contribution in [0.4, 0.5) is 10.1 Å². The first kappa shape index (κ1) is 15.5. The standard InChI is InChI=1S/C13H19FN2O3/c1-19-8-4-2-3-7-15-10-11-9-12(14)5-6-13(11)16(17)18/h5-6,9,15H,2-4,7-8,10H2,1H3. The number of nitro groups is 1. The zero-order valence-corrected chi connectivity index (χ0v) is 11.0. The van der Waals surface area contributed by atoms with Gasteiger partial charge in [0.05, 0.1) is 4.92 Å². The number of rotatable bonds is 9. The largest absolute Gasteiger partial charge is 0.385 e. The Kier molecular flexibility index (Phi) is 6.99. The Hall–Kier alpha value is -1.53. The van der Waals surface area contributed by atoms with E-state index in [0.29, 0.717) is 12.1 Å². The summed E-state index contributed by atoms with van der Waals surface area (Å²) in [6.45, 7) is 1.80. The van der Waals surface area contributed by atoms with Gasteiger partial charge in [-0.25, -0.2) is 4.39 Å². The lowest BCUT2D eigenvalue weighted by Gasteiger charge is -2.06. The minimum absolute atomic E-state index is 0.0479. The molecule has 6 heteroatoms. The van der Waals surface area contributed by atoms with E-state index < -0.39 is 10.7 Å². The quantitative estimate of drug-likeness (QED) is 0.425. The second kappa shape index (κ2) is 8.55. The molecule has 0 aliphatic carbocycles. The van der Waals surface area contributed by atoms with Crippen LogP contribution in [0.1, 0.15) is 24.8 Å². The van der Waals surface area contributed by atoms with Crippen LogP contribution in [0.5, 0.6) is 0 Å². The molecule has 1 aromatic carbocycles. The van der Waals surface area contributed by atoms with Gasteiger partial charge in [0.15, 0.2) is 0 Å². The van der Waals surface area contributed by atoms with Gasteiger partial charge in [-0.05, 0) is 37.9 Å². The zero-order valence-electron chi connectivity index (χ0n) is 11.0. The summed E-state index contributed by atoms with van der Waals surface area (Å²) < 4.78 is 18.0. The molecule has 19 heavy (non-hydrogen) atoms. The Morgan fingerprint density at radius 2 is 2.16 bits per heavy atom. The lowest BCUT2D eigenvalue weighted by atomic mass is 10.1. The van der Waals surface area contributed by atoms with Crippen molar-refractivity contribution in [3.63, 3.8) is 0 Å². The molecule has 0 aliphatic heterocycles. The van der Waals surface area contributed by atoms with Crippen LogP contribution in [0.2, 0.25) is 0 Å². The van der Waals surface area contributed by atoms with Crippen LogP contribution < -0.4 is 5.32 Å². The van der Waals surface area contributed by atoms with Gasteiger partial charge in [-0.1, -0.05) is 0 Å². The Balaban J connectivity index is 2.36. The van der Waals surface area contributed by atoms with Gasteiger partial charge in [-0.15, -0.1) is 0 Å². The lowest BCUT2D eigenvalue weighted by molar-refractivity contribution is -0.385. The van der Waals surface area contributed by atoms with Crippen molar-refractivity contribution in [2.75, 3.05) is 20.3 Å². The third-order valence-corrected chi connectivity index (χ3v) is 2.76. The Morgan fingerprint density at radius 1 is 1.37 bits per heavy atom. The molecule has 0 bridgehead atoms. The summed E-state index contributed by atoms with van der Waals surface area (Å²) in [6.07, 6.45) is 3.00. The van der Waals surface area contributed by atoms with Gasteiger partial charge in [-0.2, -0.15) is 0 Å². The van der Waals surface area contributed by atoms with E-state index in [1.165, 1.54) is 12.1 Å². The predicted molar refractivity (Wildman–Crippen MR) is 70.5 cm³/mol. The fraction of sp³-hybridized carbons (Fsp3) is 0.538. The first-order valence-corrected chi connectivity index (χ1v) is 6.27. The highest BCUT2D eigenvalue weighted by atomic mass is 19.1. The molecule has 0 unspecified atom stereocenters. The average Bonchev–Trinajstić information content (AvgIpc) is 2.37. The van der Waals surface area contributed by atoms with Crippen LogP contribution in [0.25, 0.3) is 0 Å². The second-order valence-electron chi connectivity index (χ2n) is 4.26. The molecule has 0 aromatic heterocycles. The minimum atomic E-state index is -0.491.